The third-order valence-corrected chi connectivity index (χ3v) is 7.52. The number of aliphatic hydroxyl groups is 1. The van der Waals surface area contributed by atoms with Crippen molar-refractivity contribution in [3.8, 4) is 5.75 Å². The number of hydrogen-bond donors (Lipinski definition) is 2. The molecule has 10 nitrogen and oxygen atoms in total. The van der Waals surface area contributed by atoms with Crippen molar-refractivity contribution in [2.75, 3.05) is 30.8 Å². The Kier molecular flexibility index (Phi) is 5.06. The fraction of sp³-hybridized carbons (Fsp3) is 0.500. The topological polar surface area (TPSA) is 120 Å². The first kappa shape index (κ1) is 22.0. The minimum absolute atomic E-state index is 0.000260. The zero-order valence-corrected chi connectivity index (χ0v) is 19.9. The van der Waals surface area contributed by atoms with E-state index >= 15 is 0 Å². The van der Waals surface area contributed by atoms with Gasteiger partial charge in [0, 0.05) is 36.7 Å². The van der Waals surface area contributed by atoms with Gasteiger partial charge in [0.1, 0.15) is 0 Å². The van der Waals surface area contributed by atoms with E-state index in [-0.39, 0.29) is 23.7 Å². The number of ether oxygens (including phenoxy) is 1. The van der Waals surface area contributed by atoms with Crippen LogP contribution in [-0.4, -0.2) is 60.3 Å². The summed E-state index contributed by atoms with van der Waals surface area (Å²) in [6, 6.07) is 2.89. The van der Waals surface area contributed by atoms with Crippen molar-refractivity contribution in [1.82, 2.24) is 29.4 Å². The molecule has 6 rings (SSSR count). The number of methoxy groups -OCH3 is 1. The van der Waals surface area contributed by atoms with Crippen LogP contribution in [0.5, 0.6) is 5.75 Å². The van der Waals surface area contributed by atoms with Crippen LogP contribution in [0.25, 0.3) is 16.6 Å². The molecule has 1 saturated carbocycles. The maximum absolute atomic E-state index is 14.4. The summed E-state index contributed by atoms with van der Waals surface area (Å²) >= 11 is 0. The molecule has 11 heteroatoms. The molecule has 0 unspecified atom stereocenters. The number of nitrogens with two attached hydrogens (primary N) is 1. The molecule has 1 aliphatic heterocycles. The van der Waals surface area contributed by atoms with Gasteiger partial charge in [0.25, 0.3) is 0 Å². The molecule has 0 amide bonds. The van der Waals surface area contributed by atoms with Crippen molar-refractivity contribution in [3.05, 3.63) is 36.2 Å². The van der Waals surface area contributed by atoms with Gasteiger partial charge in [-0.15, -0.1) is 5.10 Å². The molecule has 3 aromatic heterocycles. The molecule has 0 spiro atoms. The van der Waals surface area contributed by atoms with E-state index in [2.05, 4.69) is 20.1 Å². The first-order valence-electron chi connectivity index (χ1n) is 12.0. The molecular weight excluding hydrogens is 451 g/mol. The Labute approximate surface area is 201 Å². The zero-order chi connectivity index (χ0) is 24.3. The summed E-state index contributed by atoms with van der Waals surface area (Å²) < 4.78 is 22.9. The fourth-order valence-corrected chi connectivity index (χ4v) is 5.61. The number of piperidine rings is 1. The standard InChI is InChI=1S/C24H29FN8O2/c1-24(34)7-3-6-20(24)32-13-15(11-27-32)31-8-4-5-14(12-31)21-29-22-16-9-17(25)19(35-2)10-18(16)28-23(26)33(22)30-21/h9-11,13-14,20,34H,3-8,12H2,1-2H3,(H2,26,28)/t14-,20-,24-/m1/s1. The molecule has 2 aliphatic rings. The second-order valence-corrected chi connectivity index (χ2v) is 9.91. The van der Waals surface area contributed by atoms with Gasteiger partial charge in [0.15, 0.2) is 23.0 Å². The molecule has 184 valence electrons. The molecule has 0 radical (unpaired) electrons. The van der Waals surface area contributed by atoms with E-state index in [4.69, 9.17) is 15.5 Å². The van der Waals surface area contributed by atoms with E-state index < -0.39 is 11.4 Å². The number of nitrogens with zero attached hydrogens (tertiary/aromatic N) is 7. The molecule has 3 N–H and O–H groups in total. The van der Waals surface area contributed by atoms with Gasteiger partial charge >= 0.3 is 0 Å². The van der Waals surface area contributed by atoms with Gasteiger partial charge in [-0.1, -0.05) is 0 Å². The first-order chi connectivity index (χ1) is 16.8. The third kappa shape index (κ3) is 3.65. The number of anilines is 2. The Bertz CT molecular complexity index is 1410. The van der Waals surface area contributed by atoms with Crippen LogP contribution in [0.15, 0.2) is 24.5 Å². The SMILES string of the molecule is COc1cc2nc(N)n3nc([C@@H]4CCCN(c5cnn([C@@H]6CCC[C@@]6(C)O)c5)C4)nc3c2cc1F. The summed E-state index contributed by atoms with van der Waals surface area (Å²) in [5.41, 5.74) is 7.46. The van der Waals surface area contributed by atoms with Crippen molar-refractivity contribution in [2.45, 2.75) is 56.6 Å². The normalized spacial score (nSPS) is 25.1. The number of rotatable bonds is 4. The average Bonchev–Trinajstić information content (AvgIpc) is 3.57. The molecule has 0 bridgehead atoms. The summed E-state index contributed by atoms with van der Waals surface area (Å²) in [6.45, 7) is 3.54. The Morgan fingerprint density at radius 1 is 1.23 bits per heavy atom. The van der Waals surface area contributed by atoms with Crippen LogP contribution in [0.1, 0.15) is 56.8 Å². The molecule has 3 atom stereocenters. The number of aromatic nitrogens is 6. The Morgan fingerprint density at radius 3 is 2.86 bits per heavy atom. The largest absolute Gasteiger partial charge is 0.494 e. The van der Waals surface area contributed by atoms with Crippen LogP contribution in [0.4, 0.5) is 16.0 Å². The van der Waals surface area contributed by atoms with Crippen molar-refractivity contribution in [2.24, 2.45) is 0 Å². The smallest absolute Gasteiger partial charge is 0.223 e. The maximum Gasteiger partial charge on any atom is 0.223 e. The molecule has 2 fully saturated rings. The van der Waals surface area contributed by atoms with Crippen molar-refractivity contribution in [3.63, 3.8) is 0 Å². The second kappa shape index (κ2) is 8.04. The number of halogens is 1. The second-order valence-electron chi connectivity index (χ2n) is 9.91. The summed E-state index contributed by atoms with van der Waals surface area (Å²) in [4.78, 5) is 11.4. The molecule has 4 aromatic rings. The highest BCUT2D eigenvalue weighted by Crippen LogP contribution is 2.39. The van der Waals surface area contributed by atoms with Crippen LogP contribution >= 0.6 is 0 Å². The van der Waals surface area contributed by atoms with E-state index in [0.717, 1.165) is 50.9 Å². The van der Waals surface area contributed by atoms with E-state index in [1.807, 2.05) is 24.0 Å². The highest BCUT2D eigenvalue weighted by molar-refractivity contribution is 5.93. The predicted molar refractivity (Wildman–Crippen MR) is 129 cm³/mol. The molecule has 35 heavy (non-hydrogen) atoms. The van der Waals surface area contributed by atoms with Gasteiger partial charge in [-0.2, -0.15) is 9.61 Å². The highest BCUT2D eigenvalue weighted by Gasteiger charge is 2.39. The fourth-order valence-electron chi connectivity index (χ4n) is 5.61. The highest BCUT2D eigenvalue weighted by atomic mass is 19.1. The van der Waals surface area contributed by atoms with Crippen LogP contribution < -0.4 is 15.4 Å². The number of benzene rings is 1. The Morgan fingerprint density at radius 2 is 2.09 bits per heavy atom. The van der Waals surface area contributed by atoms with Crippen molar-refractivity contribution < 1.29 is 14.2 Å². The average molecular weight is 481 g/mol. The summed E-state index contributed by atoms with van der Waals surface area (Å²) in [6.07, 6.45) is 8.55. The maximum atomic E-state index is 14.4. The minimum Gasteiger partial charge on any atom is -0.494 e. The lowest BCUT2D eigenvalue weighted by molar-refractivity contribution is 0.0222. The van der Waals surface area contributed by atoms with Gasteiger partial charge < -0.3 is 20.5 Å². The summed E-state index contributed by atoms with van der Waals surface area (Å²) in [7, 11) is 1.41. The summed E-state index contributed by atoms with van der Waals surface area (Å²) in [5.74, 6) is 0.561. The van der Waals surface area contributed by atoms with Crippen molar-refractivity contribution >= 4 is 28.2 Å². The molecule has 1 aromatic carbocycles. The summed E-state index contributed by atoms with van der Waals surface area (Å²) in [5, 5.41) is 20.5. The first-order valence-corrected chi connectivity index (χ1v) is 12.0. The van der Waals surface area contributed by atoms with Gasteiger partial charge in [-0.3, -0.25) is 4.68 Å². The van der Waals surface area contributed by atoms with Gasteiger partial charge in [-0.25, -0.2) is 14.4 Å². The molecule has 4 heterocycles. The van der Waals surface area contributed by atoms with Crippen molar-refractivity contribution in [1.29, 1.82) is 0 Å². The zero-order valence-electron chi connectivity index (χ0n) is 19.9. The predicted octanol–water partition coefficient (Wildman–Crippen LogP) is 3.06. The lowest BCUT2D eigenvalue weighted by Crippen LogP contribution is -2.35. The lowest BCUT2D eigenvalue weighted by atomic mass is 9.97. The Balaban J connectivity index is 1.30. The monoisotopic (exact) mass is 480 g/mol. The number of hydrogen-bond acceptors (Lipinski definition) is 8. The minimum atomic E-state index is -0.728. The number of nitrogen functional groups attached to an aromatic ring is 1. The third-order valence-electron chi connectivity index (χ3n) is 7.52. The van der Waals surface area contributed by atoms with Gasteiger partial charge in [0.05, 0.1) is 36.2 Å². The quantitative estimate of drug-likeness (QED) is 0.457. The van der Waals surface area contributed by atoms with E-state index in [0.29, 0.717) is 22.4 Å². The number of fused-ring (bicyclic) bond motifs is 3. The van der Waals surface area contributed by atoms with Crippen LogP contribution in [-0.2, 0) is 0 Å². The molecular formula is C24H29FN8O2. The van der Waals surface area contributed by atoms with Gasteiger partial charge in [-0.05, 0) is 45.1 Å². The van der Waals surface area contributed by atoms with Crippen LogP contribution in [0, 0.1) is 5.82 Å². The van der Waals surface area contributed by atoms with E-state index in [1.54, 1.807) is 0 Å². The lowest BCUT2D eigenvalue weighted by Gasteiger charge is -2.32. The molecule has 1 aliphatic carbocycles. The Hall–Kier alpha value is -3.47. The van der Waals surface area contributed by atoms with E-state index in [9.17, 15) is 9.50 Å². The van der Waals surface area contributed by atoms with Gasteiger partial charge in [0.2, 0.25) is 5.95 Å². The molecule has 1 saturated heterocycles. The van der Waals surface area contributed by atoms with Crippen LogP contribution in [0.3, 0.4) is 0 Å². The van der Waals surface area contributed by atoms with Crippen LogP contribution in [0.2, 0.25) is 0 Å². The van der Waals surface area contributed by atoms with E-state index in [1.165, 1.54) is 23.8 Å².